The zero-order valence-electron chi connectivity index (χ0n) is 16.0. The van der Waals surface area contributed by atoms with Gasteiger partial charge in [0.25, 0.3) is 5.69 Å². The van der Waals surface area contributed by atoms with Crippen molar-refractivity contribution in [1.29, 1.82) is 0 Å². The van der Waals surface area contributed by atoms with Crippen molar-refractivity contribution in [3.8, 4) is 17.2 Å². The van der Waals surface area contributed by atoms with Crippen molar-refractivity contribution in [3.05, 3.63) is 52.1 Å². The second-order valence-electron chi connectivity index (χ2n) is 6.04. The number of hydrogen-bond acceptors (Lipinski definition) is 8. The molecule has 156 valence electrons. The van der Waals surface area contributed by atoms with Crippen LogP contribution in [0.4, 0.5) is 5.69 Å². The zero-order chi connectivity index (χ0) is 21.2. The molecule has 1 aliphatic rings. The molecule has 0 saturated carbocycles. The molecular weight excluding hydrogens is 420 g/mol. The van der Waals surface area contributed by atoms with Gasteiger partial charge in [-0.15, -0.1) is 11.8 Å². The van der Waals surface area contributed by atoms with Gasteiger partial charge >= 0.3 is 0 Å². The predicted octanol–water partition coefficient (Wildman–Crippen LogP) is 3.06. The first-order valence-corrected chi connectivity index (χ1v) is 11.0. The van der Waals surface area contributed by atoms with E-state index in [1.807, 2.05) is 0 Å². The molecule has 29 heavy (non-hydrogen) atoms. The number of rotatable bonds is 7. The highest BCUT2D eigenvalue weighted by Gasteiger charge is 2.39. The molecular formula is C18H20N2O7S2. The number of nitro groups is 1. The lowest BCUT2D eigenvalue weighted by molar-refractivity contribution is -0.384. The topological polar surface area (TPSA) is 108 Å². The van der Waals surface area contributed by atoms with Gasteiger partial charge in [-0.2, -0.15) is 4.31 Å². The van der Waals surface area contributed by atoms with E-state index in [9.17, 15) is 18.5 Å². The Morgan fingerprint density at radius 1 is 1.03 bits per heavy atom. The second-order valence-corrected chi connectivity index (χ2v) is 9.12. The molecule has 0 radical (unpaired) electrons. The molecule has 2 aromatic rings. The quantitative estimate of drug-likeness (QED) is 0.477. The van der Waals surface area contributed by atoms with Crippen molar-refractivity contribution in [2.24, 2.45) is 0 Å². The monoisotopic (exact) mass is 440 g/mol. The highest BCUT2D eigenvalue weighted by Crippen LogP contribution is 2.47. The molecule has 1 saturated heterocycles. The molecule has 0 amide bonds. The van der Waals surface area contributed by atoms with Crippen LogP contribution in [0.2, 0.25) is 0 Å². The fourth-order valence-corrected chi connectivity index (χ4v) is 6.31. The minimum absolute atomic E-state index is 0.00459. The Bertz CT molecular complexity index is 1010. The van der Waals surface area contributed by atoms with Crippen LogP contribution in [0.1, 0.15) is 10.9 Å². The number of ether oxygens (including phenoxy) is 3. The van der Waals surface area contributed by atoms with Crippen LogP contribution < -0.4 is 14.2 Å². The first-order valence-electron chi connectivity index (χ1n) is 8.51. The largest absolute Gasteiger partial charge is 0.496 e. The van der Waals surface area contributed by atoms with Crippen LogP contribution in [0, 0.1) is 10.1 Å². The molecule has 9 nitrogen and oxygen atoms in total. The Morgan fingerprint density at radius 2 is 1.62 bits per heavy atom. The van der Waals surface area contributed by atoms with Crippen molar-refractivity contribution in [2.75, 3.05) is 33.6 Å². The van der Waals surface area contributed by atoms with Crippen LogP contribution in [0.3, 0.4) is 0 Å². The van der Waals surface area contributed by atoms with Crippen molar-refractivity contribution in [2.45, 2.75) is 10.3 Å². The number of hydrogen-bond donors (Lipinski definition) is 0. The average molecular weight is 440 g/mol. The highest BCUT2D eigenvalue weighted by atomic mass is 32.2. The van der Waals surface area contributed by atoms with Gasteiger partial charge in [0.2, 0.25) is 10.0 Å². The maximum absolute atomic E-state index is 13.2. The Hall–Kier alpha value is -2.50. The summed E-state index contributed by atoms with van der Waals surface area (Å²) in [4.78, 5) is 10.3. The minimum atomic E-state index is -3.88. The highest BCUT2D eigenvalue weighted by molar-refractivity contribution is 8.01. The van der Waals surface area contributed by atoms with Gasteiger partial charge in [0, 0.05) is 36.1 Å². The fourth-order valence-electron chi connectivity index (χ4n) is 3.07. The van der Waals surface area contributed by atoms with Crippen LogP contribution in [0.5, 0.6) is 17.2 Å². The van der Waals surface area contributed by atoms with E-state index in [-0.39, 0.29) is 10.6 Å². The smallest absolute Gasteiger partial charge is 0.269 e. The molecule has 1 atom stereocenters. The Morgan fingerprint density at radius 3 is 2.17 bits per heavy atom. The van der Waals surface area contributed by atoms with Crippen LogP contribution in [0.15, 0.2) is 41.3 Å². The summed E-state index contributed by atoms with van der Waals surface area (Å²) in [5.74, 6) is 2.00. The maximum atomic E-state index is 13.2. The molecule has 1 heterocycles. The number of thioether (sulfide) groups is 1. The van der Waals surface area contributed by atoms with E-state index >= 15 is 0 Å². The molecule has 2 aromatic carbocycles. The van der Waals surface area contributed by atoms with Gasteiger partial charge in [0.05, 0.1) is 36.5 Å². The first kappa shape index (κ1) is 21.2. The number of benzene rings is 2. The Kier molecular flexibility index (Phi) is 6.20. The average Bonchev–Trinajstić information content (AvgIpc) is 3.23. The van der Waals surface area contributed by atoms with E-state index in [0.29, 0.717) is 35.1 Å². The summed E-state index contributed by atoms with van der Waals surface area (Å²) in [5.41, 5.74) is 0.469. The molecule has 0 N–H and O–H groups in total. The van der Waals surface area contributed by atoms with E-state index in [4.69, 9.17) is 14.2 Å². The van der Waals surface area contributed by atoms with Crippen molar-refractivity contribution >= 4 is 27.5 Å². The summed E-state index contributed by atoms with van der Waals surface area (Å²) in [6, 6.07) is 8.23. The third-order valence-corrected chi connectivity index (χ3v) is 7.76. The van der Waals surface area contributed by atoms with Crippen LogP contribution in [0.25, 0.3) is 0 Å². The standard InChI is InChI=1S/C18H20N2O7S2/c1-25-15-11-17(27-3)16(26-2)10-14(15)18-19(8-9-28-18)29(23,24)13-6-4-12(5-7-13)20(21)22/h4-7,10-11,18H,8-9H2,1-3H3. The third-order valence-electron chi connectivity index (χ3n) is 4.51. The van der Waals surface area contributed by atoms with Gasteiger partial charge in [-0.3, -0.25) is 10.1 Å². The van der Waals surface area contributed by atoms with Crippen LogP contribution >= 0.6 is 11.8 Å². The van der Waals surface area contributed by atoms with Crippen molar-refractivity contribution in [3.63, 3.8) is 0 Å². The first-order chi connectivity index (χ1) is 13.8. The zero-order valence-corrected chi connectivity index (χ0v) is 17.7. The number of nitro benzene ring substituents is 1. The van der Waals surface area contributed by atoms with Crippen molar-refractivity contribution in [1.82, 2.24) is 4.31 Å². The summed E-state index contributed by atoms with van der Waals surface area (Å²) >= 11 is 1.46. The van der Waals surface area contributed by atoms with Gasteiger partial charge in [0.15, 0.2) is 11.5 Å². The lowest BCUT2D eigenvalue weighted by atomic mass is 10.1. The van der Waals surface area contributed by atoms with Gasteiger partial charge in [-0.25, -0.2) is 8.42 Å². The van der Waals surface area contributed by atoms with E-state index in [1.165, 1.54) is 61.7 Å². The molecule has 0 bridgehead atoms. The van der Waals surface area contributed by atoms with Gasteiger partial charge in [-0.1, -0.05) is 0 Å². The van der Waals surface area contributed by atoms with Gasteiger partial charge in [0.1, 0.15) is 5.75 Å². The molecule has 0 spiro atoms. The molecule has 11 heteroatoms. The summed E-state index contributed by atoms with van der Waals surface area (Å²) in [5, 5.41) is 10.3. The van der Waals surface area contributed by atoms with Gasteiger partial charge < -0.3 is 14.2 Å². The van der Waals surface area contributed by atoms with E-state index in [0.717, 1.165) is 0 Å². The predicted molar refractivity (Wildman–Crippen MR) is 108 cm³/mol. The van der Waals surface area contributed by atoms with Crippen molar-refractivity contribution < 1.29 is 27.6 Å². The van der Waals surface area contributed by atoms with Crippen LogP contribution in [-0.2, 0) is 10.0 Å². The number of nitrogens with zero attached hydrogens (tertiary/aromatic N) is 2. The minimum Gasteiger partial charge on any atom is -0.496 e. The normalized spacial score (nSPS) is 17.1. The number of methoxy groups -OCH3 is 3. The van der Waals surface area contributed by atoms with E-state index in [2.05, 4.69) is 0 Å². The molecule has 0 aliphatic carbocycles. The molecule has 1 aliphatic heterocycles. The molecule has 1 unspecified atom stereocenters. The summed E-state index contributed by atoms with van der Waals surface area (Å²) < 4.78 is 43.9. The van der Waals surface area contributed by atoms with Crippen LogP contribution in [-0.4, -0.2) is 51.3 Å². The molecule has 0 aromatic heterocycles. The third kappa shape index (κ3) is 3.98. The van der Waals surface area contributed by atoms with E-state index in [1.54, 1.807) is 12.1 Å². The summed E-state index contributed by atoms with van der Waals surface area (Å²) in [6.07, 6.45) is 0. The second kappa shape index (κ2) is 8.47. The SMILES string of the molecule is COc1cc(OC)c(C2SCCN2S(=O)(=O)c2ccc([N+](=O)[O-])cc2)cc1OC. The summed E-state index contributed by atoms with van der Waals surface area (Å²) in [6.45, 7) is 0.298. The van der Waals surface area contributed by atoms with Gasteiger partial charge in [-0.05, 0) is 18.2 Å². The Balaban J connectivity index is 2.02. The lowest BCUT2D eigenvalue weighted by Gasteiger charge is -2.25. The molecule has 1 fully saturated rings. The summed E-state index contributed by atoms with van der Waals surface area (Å²) in [7, 11) is 0.631. The number of non-ortho nitro benzene ring substituents is 1. The maximum Gasteiger partial charge on any atom is 0.269 e. The Labute approximate surface area is 172 Å². The lowest BCUT2D eigenvalue weighted by Crippen LogP contribution is -2.30. The number of sulfonamides is 1. The fraction of sp³-hybridized carbons (Fsp3) is 0.333. The van der Waals surface area contributed by atoms with E-state index < -0.39 is 20.3 Å². The molecule has 3 rings (SSSR count).